The molecule has 1 amide bonds. The Morgan fingerprint density at radius 3 is 2.82 bits per heavy atom. The monoisotopic (exact) mass is 395 g/mol. The summed E-state index contributed by atoms with van der Waals surface area (Å²) < 4.78 is 7.42. The van der Waals surface area contributed by atoms with Gasteiger partial charge in [-0.3, -0.25) is 9.48 Å². The molecule has 1 aromatic carbocycles. The number of furan rings is 1. The maximum atomic E-state index is 13.0. The molecule has 0 atom stereocenters. The number of hydrogen-bond donors (Lipinski definition) is 0. The molecule has 1 aliphatic carbocycles. The number of rotatable bonds is 6. The van der Waals surface area contributed by atoms with Gasteiger partial charge in [-0.1, -0.05) is 23.7 Å². The van der Waals surface area contributed by atoms with Crippen molar-refractivity contribution in [1.82, 2.24) is 14.7 Å². The number of nitrogens with zero attached hydrogens (tertiary/aromatic N) is 3. The van der Waals surface area contributed by atoms with Crippen LogP contribution in [-0.2, 0) is 37.8 Å². The van der Waals surface area contributed by atoms with Crippen LogP contribution in [-0.4, -0.2) is 20.6 Å². The van der Waals surface area contributed by atoms with Crippen LogP contribution in [0.1, 0.15) is 34.7 Å². The Kier molecular flexibility index (Phi) is 5.35. The highest BCUT2D eigenvalue weighted by atomic mass is 35.5. The maximum Gasteiger partial charge on any atom is 0.247 e. The minimum atomic E-state index is -0.0799. The second-order valence-corrected chi connectivity index (χ2v) is 7.44. The van der Waals surface area contributed by atoms with E-state index in [1.807, 2.05) is 48.1 Å². The van der Waals surface area contributed by atoms with E-state index in [1.54, 1.807) is 23.3 Å². The van der Waals surface area contributed by atoms with Gasteiger partial charge in [0.05, 0.1) is 25.0 Å². The highest BCUT2D eigenvalue weighted by Crippen LogP contribution is 2.26. The van der Waals surface area contributed by atoms with Crippen molar-refractivity contribution in [3.05, 3.63) is 82.0 Å². The summed E-state index contributed by atoms with van der Waals surface area (Å²) in [6.07, 6.45) is 8.26. The first-order valence-electron chi connectivity index (χ1n) is 9.39. The molecule has 144 valence electrons. The summed E-state index contributed by atoms with van der Waals surface area (Å²) >= 11 is 5.92. The van der Waals surface area contributed by atoms with Gasteiger partial charge in [0.25, 0.3) is 0 Å². The predicted molar refractivity (Wildman–Crippen MR) is 109 cm³/mol. The minimum Gasteiger partial charge on any atom is -0.467 e. The Bertz CT molecular complexity index is 988. The van der Waals surface area contributed by atoms with Crippen molar-refractivity contribution < 1.29 is 9.21 Å². The zero-order valence-corrected chi connectivity index (χ0v) is 16.5. The standard InChI is InChI=1S/C22H22ClN3O2/c1-25-21-6-2-5-19(21)20(24-25)15-26(14-18-4-3-13-28-18)22(27)12-9-16-7-10-17(23)11-8-16/h3-4,7-13H,2,5-6,14-15H2,1H3. The van der Waals surface area contributed by atoms with Crippen molar-refractivity contribution in [2.45, 2.75) is 32.4 Å². The Labute approximate surface area is 169 Å². The Morgan fingerprint density at radius 2 is 2.07 bits per heavy atom. The lowest BCUT2D eigenvalue weighted by molar-refractivity contribution is -0.127. The summed E-state index contributed by atoms with van der Waals surface area (Å²) in [6, 6.07) is 11.1. The summed E-state index contributed by atoms with van der Waals surface area (Å²) in [6.45, 7) is 0.871. The molecule has 3 aromatic rings. The van der Waals surface area contributed by atoms with E-state index in [2.05, 4.69) is 5.10 Å². The summed E-state index contributed by atoms with van der Waals surface area (Å²) in [4.78, 5) is 14.7. The molecule has 0 N–H and O–H groups in total. The number of benzene rings is 1. The third-order valence-electron chi connectivity index (χ3n) is 5.07. The van der Waals surface area contributed by atoms with Crippen LogP contribution in [0.5, 0.6) is 0 Å². The molecule has 28 heavy (non-hydrogen) atoms. The van der Waals surface area contributed by atoms with Gasteiger partial charge in [-0.2, -0.15) is 5.10 Å². The van der Waals surface area contributed by atoms with E-state index in [-0.39, 0.29) is 5.91 Å². The van der Waals surface area contributed by atoms with Gasteiger partial charge in [-0.05, 0) is 60.7 Å². The van der Waals surface area contributed by atoms with Crippen LogP contribution in [0.25, 0.3) is 6.08 Å². The van der Waals surface area contributed by atoms with Crippen LogP contribution >= 0.6 is 11.6 Å². The molecular weight excluding hydrogens is 374 g/mol. The maximum absolute atomic E-state index is 13.0. The summed E-state index contributed by atoms with van der Waals surface area (Å²) in [5, 5.41) is 5.34. The molecule has 0 aliphatic heterocycles. The fraction of sp³-hybridized carbons (Fsp3) is 0.273. The van der Waals surface area contributed by atoms with E-state index in [0.717, 1.165) is 36.3 Å². The second-order valence-electron chi connectivity index (χ2n) is 7.01. The zero-order chi connectivity index (χ0) is 19.5. The van der Waals surface area contributed by atoms with Crippen molar-refractivity contribution in [3.63, 3.8) is 0 Å². The zero-order valence-electron chi connectivity index (χ0n) is 15.8. The summed E-state index contributed by atoms with van der Waals surface area (Å²) in [5.41, 5.74) is 4.49. The molecule has 0 unspecified atom stereocenters. The van der Waals surface area contributed by atoms with Gasteiger partial charge in [0, 0.05) is 23.8 Å². The Morgan fingerprint density at radius 1 is 1.25 bits per heavy atom. The highest BCUT2D eigenvalue weighted by Gasteiger charge is 2.24. The van der Waals surface area contributed by atoms with Gasteiger partial charge in [-0.15, -0.1) is 0 Å². The summed E-state index contributed by atoms with van der Waals surface area (Å²) in [5.74, 6) is 0.671. The van der Waals surface area contributed by atoms with E-state index >= 15 is 0 Å². The van der Waals surface area contributed by atoms with Gasteiger partial charge >= 0.3 is 0 Å². The third kappa shape index (κ3) is 4.04. The average Bonchev–Trinajstić information content (AvgIpc) is 3.42. The molecular formula is C22H22ClN3O2. The number of amides is 1. The van der Waals surface area contributed by atoms with Crippen LogP contribution in [0, 0.1) is 0 Å². The SMILES string of the molecule is Cn1nc(CN(Cc2ccco2)C(=O)C=Cc2ccc(Cl)cc2)c2c1CCC2. The number of aryl methyl sites for hydroxylation is 1. The average molecular weight is 396 g/mol. The van der Waals surface area contributed by atoms with Gasteiger partial charge in [0.1, 0.15) is 5.76 Å². The Balaban J connectivity index is 1.55. The van der Waals surface area contributed by atoms with Crippen molar-refractivity contribution in [2.75, 3.05) is 0 Å². The minimum absolute atomic E-state index is 0.0799. The lowest BCUT2D eigenvalue weighted by Gasteiger charge is -2.19. The number of halogens is 1. The first-order valence-corrected chi connectivity index (χ1v) is 9.76. The van der Waals surface area contributed by atoms with E-state index in [1.165, 1.54) is 11.3 Å². The number of aromatic nitrogens is 2. The van der Waals surface area contributed by atoms with Crippen molar-refractivity contribution in [1.29, 1.82) is 0 Å². The highest BCUT2D eigenvalue weighted by molar-refractivity contribution is 6.30. The molecule has 1 aliphatic rings. The lowest BCUT2D eigenvalue weighted by Crippen LogP contribution is -2.29. The molecule has 2 aromatic heterocycles. The van der Waals surface area contributed by atoms with Crippen LogP contribution in [0.3, 0.4) is 0 Å². The van der Waals surface area contributed by atoms with E-state index in [4.69, 9.17) is 16.0 Å². The van der Waals surface area contributed by atoms with Gasteiger partial charge in [0.15, 0.2) is 0 Å². The number of carbonyl (C=O) groups excluding carboxylic acids is 1. The van der Waals surface area contributed by atoms with Gasteiger partial charge < -0.3 is 9.32 Å². The Hall–Kier alpha value is -2.79. The van der Waals surface area contributed by atoms with E-state index in [9.17, 15) is 4.79 Å². The molecule has 5 nitrogen and oxygen atoms in total. The molecule has 6 heteroatoms. The smallest absolute Gasteiger partial charge is 0.247 e. The van der Waals surface area contributed by atoms with E-state index < -0.39 is 0 Å². The molecule has 0 saturated carbocycles. The number of fused-ring (bicyclic) bond motifs is 1. The van der Waals surface area contributed by atoms with E-state index in [0.29, 0.717) is 18.1 Å². The number of hydrogen-bond acceptors (Lipinski definition) is 3. The first kappa shape index (κ1) is 18.6. The molecule has 0 spiro atoms. The fourth-order valence-corrected chi connectivity index (χ4v) is 3.78. The fourth-order valence-electron chi connectivity index (χ4n) is 3.65. The topological polar surface area (TPSA) is 51.3 Å². The predicted octanol–water partition coefficient (Wildman–Crippen LogP) is 4.40. The van der Waals surface area contributed by atoms with Crippen LogP contribution in [0.4, 0.5) is 0 Å². The van der Waals surface area contributed by atoms with Crippen molar-refractivity contribution in [2.24, 2.45) is 7.05 Å². The van der Waals surface area contributed by atoms with Crippen LogP contribution in [0.15, 0.2) is 53.2 Å². The van der Waals surface area contributed by atoms with Crippen LogP contribution < -0.4 is 0 Å². The largest absolute Gasteiger partial charge is 0.467 e. The van der Waals surface area contributed by atoms with Gasteiger partial charge in [0.2, 0.25) is 5.91 Å². The molecule has 0 bridgehead atoms. The molecule has 0 fully saturated rings. The van der Waals surface area contributed by atoms with Crippen LogP contribution in [0.2, 0.25) is 5.02 Å². The second kappa shape index (κ2) is 8.07. The third-order valence-corrected chi connectivity index (χ3v) is 5.32. The molecule has 0 saturated heterocycles. The lowest BCUT2D eigenvalue weighted by atomic mass is 10.1. The quantitative estimate of drug-likeness (QED) is 0.581. The number of carbonyl (C=O) groups is 1. The molecule has 0 radical (unpaired) electrons. The normalized spacial score (nSPS) is 13.2. The van der Waals surface area contributed by atoms with Gasteiger partial charge in [-0.25, -0.2) is 0 Å². The first-order chi connectivity index (χ1) is 13.6. The summed E-state index contributed by atoms with van der Waals surface area (Å²) in [7, 11) is 1.98. The molecule has 4 rings (SSSR count). The van der Waals surface area contributed by atoms with Crippen molar-refractivity contribution >= 4 is 23.6 Å². The molecule has 2 heterocycles. The van der Waals surface area contributed by atoms with Crippen molar-refractivity contribution in [3.8, 4) is 0 Å².